The van der Waals surface area contributed by atoms with E-state index in [0.29, 0.717) is 5.84 Å². The van der Waals surface area contributed by atoms with Crippen molar-refractivity contribution in [3.63, 3.8) is 0 Å². The molecule has 3 N–H and O–H groups in total. The smallest absolute Gasteiger partial charge is 0.408 e. The molecule has 0 spiro atoms. The average molecular weight is 586 g/mol. The quantitative estimate of drug-likeness (QED) is 0.297. The van der Waals surface area contributed by atoms with Crippen LogP contribution in [0.5, 0.6) is 0 Å². The highest BCUT2D eigenvalue weighted by Crippen LogP contribution is 2.25. The van der Waals surface area contributed by atoms with Crippen LogP contribution in [0.15, 0.2) is 35.3 Å². The number of urea groups is 1. The molecule has 0 aromatic heterocycles. The number of nitrogens with one attached hydrogen (secondary N) is 3. The summed E-state index contributed by atoms with van der Waals surface area (Å²) in [4.78, 5) is 84.5. The molecule has 1 aromatic rings. The summed E-state index contributed by atoms with van der Waals surface area (Å²) in [5.74, 6) is -2.51. The van der Waals surface area contributed by atoms with Gasteiger partial charge in [-0.2, -0.15) is 0 Å². The topological polar surface area (TPSA) is 170 Å². The molecule has 6 amide bonds. The van der Waals surface area contributed by atoms with Gasteiger partial charge in [0.25, 0.3) is 11.8 Å². The highest BCUT2D eigenvalue weighted by molar-refractivity contribution is 6.38. The molecule has 0 bridgehead atoms. The van der Waals surface area contributed by atoms with Gasteiger partial charge in [-0.3, -0.25) is 24.1 Å². The summed E-state index contributed by atoms with van der Waals surface area (Å²) >= 11 is 0. The minimum absolute atomic E-state index is 0.0262. The van der Waals surface area contributed by atoms with Crippen LogP contribution in [0.25, 0.3) is 0 Å². The Hall–Kier alpha value is -4.49. The van der Waals surface area contributed by atoms with Crippen molar-refractivity contribution >= 4 is 41.5 Å². The summed E-state index contributed by atoms with van der Waals surface area (Å²) in [6, 6.07) is 5.71. The Morgan fingerprint density at radius 1 is 0.976 bits per heavy atom. The molecule has 42 heavy (non-hydrogen) atoms. The number of rotatable bonds is 12. The van der Waals surface area contributed by atoms with E-state index >= 15 is 0 Å². The molecule has 3 rings (SSSR count). The third-order valence-electron chi connectivity index (χ3n) is 7.16. The van der Waals surface area contributed by atoms with Crippen molar-refractivity contribution in [3.05, 3.63) is 35.9 Å². The van der Waals surface area contributed by atoms with Gasteiger partial charge >= 0.3 is 12.1 Å². The molecule has 2 aliphatic heterocycles. The summed E-state index contributed by atoms with van der Waals surface area (Å²) in [5.41, 5.74) is 0.785. The Kier molecular flexibility index (Phi) is 10.6. The lowest BCUT2D eigenvalue weighted by Crippen LogP contribution is -2.63. The molecular formula is C28H39N7O7. The van der Waals surface area contributed by atoms with Crippen molar-refractivity contribution in [1.82, 2.24) is 30.7 Å². The zero-order valence-electron chi connectivity index (χ0n) is 24.7. The third-order valence-corrected chi connectivity index (χ3v) is 7.16. The Bertz CT molecular complexity index is 1240. The van der Waals surface area contributed by atoms with E-state index in [1.54, 1.807) is 31.0 Å². The molecule has 1 fully saturated rings. The Labute approximate surface area is 244 Å². The van der Waals surface area contributed by atoms with E-state index in [0.717, 1.165) is 10.5 Å². The van der Waals surface area contributed by atoms with E-state index in [-0.39, 0.29) is 31.9 Å². The molecule has 0 saturated carbocycles. The van der Waals surface area contributed by atoms with Crippen LogP contribution in [-0.4, -0.2) is 108 Å². The predicted octanol–water partition coefficient (Wildman–Crippen LogP) is 0.470. The number of benzene rings is 1. The van der Waals surface area contributed by atoms with Gasteiger partial charge in [-0.15, -0.1) is 0 Å². The number of imide groups is 1. The van der Waals surface area contributed by atoms with Crippen LogP contribution in [0.1, 0.15) is 39.2 Å². The monoisotopic (exact) mass is 585 g/mol. The number of Topliss-reactive ketones (excluding diaryl/α,β-unsaturated/α-hetero) is 1. The van der Waals surface area contributed by atoms with Gasteiger partial charge in [0, 0.05) is 21.1 Å². The number of amides is 6. The maximum atomic E-state index is 13.1. The number of carbonyl (C=O) groups excluding carboxylic acids is 6. The number of ether oxygens (including phenoxy) is 1. The lowest BCUT2D eigenvalue weighted by atomic mass is 10.0. The number of amidine groups is 1. The minimum atomic E-state index is -1.14. The fourth-order valence-electron chi connectivity index (χ4n) is 4.72. The van der Waals surface area contributed by atoms with E-state index in [1.165, 1.54) is 19.0 Å². The van der Waals surface area contributed by atoms with Gasteiger partial charge in [-0.1, -0.05) is 51.1 Å². The van der Waals surface area contributed by atoms with Gasteiger partial charge in [0.15, 0.2) is 12.2 Å². The molecule has 4 atom stereocenters. The fraction of sp³-hybridized carbons (Fsp3) is 0.536. The van der Waals surface area contributed by atoms with Crippen LogP contribution in [0.3, 0.4) is 0 Å². The van der Waals surface area contributed by atoms with E-state index in [4.69, 9.17) is 4.74 Å². The SMILES string of the molecule is CC[C@H](NC(=O)[C@H](CC(C)C)NC(=O)OCc1ccccc1)C(=O)C(=O)NCC1=NC2C(C(=O)N(C)C(=O)N2C)N1C. The van der Waals surface area contributed by atoms with Gasteiger partial charge in [0.2, 0.25) is 11.7 Å². The van der Waals surface area contributed by atoms with Crippen LogP contribution in [0.4, 0.5) is 9.59 Å². The molecule has 14 nitrogen and oxygen atoms in total. The largest absolute Gasteiger partial charge is 0.445 e. The average Bonchev–Trinajstić information content (AvgIpc) is 3.30. The van der Waals surface area contributed by atoms with Crippen molar-refractivity contribution in [2.45, 2.75) is 64.5 Å². The highest BCUT2D eigenvalue weighted by Gasteiger charge is 2.49. The first-order valence-corrected chi connectivity index (χ1v) is 13.8. The third kappa shape index (κ3) is 7.42. The molecule has 2 aliphatic rings. The summed E-state index contributed by atoms with van der Waals surface area (Å²) < 4.78 is 5.24. The van der Waals surface area contributed by atoms with Gasteiger partial charge in [-0.25, -0.2) is 14.6 Å². The molecule has 14 heteroatoms. The second-order valence-corrected chi connectivity index (χ2v) is 10.7. The zero-order chi connectivity index (χ0) is 31.1. The molecule has 1 saturated heterocycles. The van der Waals surface area contributed by atoms with Crippen molar-refractivity contribution < 1.29 is 33.5 Å². The van der Waals surface area contributed by atoms with Gasteiger partial charge in [0.1, 0.15) is 18.5 Å². The lowest BCUT2D eigenvalue weighted by molar-refractivity contribution is -0.140. The van der Waals surface area contributed by atoms with Crippen LogP contribution in [0.2, 0.25) is 0 Å². The Balaban J connectivity index is 1.57. The first-order chi connectivity index (χ1) is 19.8. The van der Waals surface area contributed by atoms with Gasteiger partial charge in [-0.05, 0) is 24.3 Å². The number of ketones is 1. The fourth-order valence-corrected chi connectivity index (χ4v) is 4.72. The molecule has 2 unspecified atom stereocenters. The number of hydrogen-bond acceptors (Lipinski definition) is 9. The normalized spacial score (nSPS) is 19.6. The molecule has 2 heterocycles. The van der Waals surface area contributed by atoms with Crippen LogP contribution in [-0.2, 0) is 30.5 Å². The Morgan fingerprint density at radius 3 is 2.26 bits per heavy atom. The zero-order valence-corrected chi connectivity index (χ0v) is 24.7. The summed E-state index contributed by atoms with van der Waals surface area (Å²) in [5, 5.41) is 7.63. The van der Waals surface area contributed by atoms with Gasteiger partial charge in [0.05, 0.1) is 12.6 Å². The number of nitrogens with zero attached hydrogens (tertiary/aromatic N) is 4. The molecular weight excluding hydrogens is 546 g/mol. The van der Waals surface area contributed by atoms with E-state index in [2.05, 4.69) is 20.9 Å². The second kappa shape index (κ2) is 13.9. The van der Waals surface area contributed by atoms with E-state index in [1.807, 2.05) is 32.0 Å². The first-order valence-electron chi connectivity index (χ1n) is 13.8. The highest BCUT2D eigenvalue weighted by atomic mass is 16.5. The van der Waals surface area contributed by atoms with E-state index in [9.17, 15) is 28.8 Å². The molecule has 228 valence electrons. The summed E-state index contributed by atoms with van der Waals surface area (Å²) in [7, 11) is 4.54. The second-order valence-electron chi connectivity index (χ2n) is 10.7. The molecule has 0 aliphatic carbocycles. The van der Waals surface area contributed by atoms with Crippen molar-refractivity contribution in [2.75, 3.05) is 27.7 Å². The number of aliphatic imine (C=N–C) groups is 1. The first kappa shape index (κ1) is 32.0. The molecule has 1 aromatic carbocycles. The van der Waals surface area contributed by atoms with Crippen molar-refractivity contribution in [1.29, 1.82) is 0 Å². The maximum absolute atomic E-state index is 13.1. The minimum Gasteiger partial charge on any atom is -0.445 e. The van der Waals surface area contributed by atoms with Crippen LogP contribution < -0.4 is 16.0 Å². The molecule has 0 radical (unpaired) electrons. The van der Waals surface area contributed by atoms with Crippen molar-refractivity contribution in [3.8, 4) is 0 Å². The van der Waals surface area contributed by atoms with Crippen LogP contribution >= 0.6 is 0 Å². The van der Waals surface area contributed by atoms with Crippen LogP contribution in [0, 0.1) is 5.92 Å². The van der Waals surface area contributed by atoms with Gasteiger partial charge < -0.3 is 30.5 Å². The van der Waals surface area contributed by atoms with E-state index < -0.39 is 59.9 Å². The summed E-state index contributed by atoms with van der Waals surface area (Å²) in [6.45, 7) is 5.26. The number of alkyl carbamates (subject to hydrolysis) is 1. The number of fused-ring (bicyclic) bond motifs is 1. The number of carbonyl (C=O) groups is 6. The lowest BCUT2D eigenvalue weighted by Gasteiger charge is -2.39. The standard InChI is InChI=1S/C28H39N7O7/c1-7-18(30-24(37)19(13-16(2)3)31-27(40)42-15-17-11-9-8-10-12-17)22(36)25(38)29-14-20-32-23-21(33(20)4)26(39)35(6)28(41)34(23)5/h8-12,16,18-19,21,23H,7,13-15H2,1-6H3,(H,29,38)(H,30,37)(H,31,40)/t18-,19-,21?,23?/m0/s1. The summed E-state index contributed by atoms with van der Waals surface area (Å²) in [6.07, 6.45) is -1.12. The number of likely N-dealkylation sites (N-methyl/N-ethyl adjacent to an activating group) is 3. The van der Waals surface area contributed by atoms with Crippen molar-refractivity contribution in [2.24, 2.45) is 10.9 Å². The maximum Gasteiger partial charge on any atom is 0.408 e. The predicted molar refractivity (Wildman–Crippen MR) is 152 cm³/mol. The number of hydrogen-bond donors (Lipinski definition) is 3. The Morgan fingerprint density at radius 2 is 1.64 bits per heavy atom.